The highest BCUT2D eigenvalue weighted by Gasteiger charge is 1.95. The fraction of sp³-hybridized carbons (Fsp3) is 0.611. The van der Waals surface area contributed by atoms with Gasteiger partial charge in [-0.2, -0.15) is 0 Å². The van der Waals surface area contributed by atoms with Crippen LogP contribution in [0.15, 0.2) is 36.3 Å². The zero-order valence-electron chi connectivity index (χ0n) is 20.2. The van der Waals surface area contributed by atoms with Gasteiger partial charge in [-0.25, -0.2) is 0 Å². The van der Waals surface area contributed by atoms with Crippen molar-refractivity contribution < 1.29 is 20.9 Å². The van der Waals surface area contributed by atoms with Gasteiger partial charge in [0.05, 0.1) is 8.22 Å². The number of carboxylic acid groups (broad SMARTS) is 1. The van der Waals surface area contributed by atoms with Gasteiger partial charge in [-0.05, 0) is 38.5 Å². The molecule has 0 aliphatic rings. The van der Waals surface area contributed by atoms with Crippen molar-refractivity contribution in [1.29, 1.82) is 0 Å². The van der Waals surface area contributed by atoms with E-state index in [1.807, 2.05) is 0 Å². The lowest BCUT2D eigenvalue weighted by Crippen LogP contribution is -1.93. The molecule has 1 N–H and O–H groups in total. The van der Waals surface area contributed by atoms with Gasteiger partial charge in [-0.15, -0.1) is 0 Å². The average molecular weight is 286 g/mol. The molecule has 0 amide bonds. The second-order valence-electron chi connectivity index (χ2n) is 4.27. The summed E-state index contributed by atoms with van der Waals surface area (Å²) < 4.78 is 61.6. The van der Waals surface area contributed by atoms with Crippen LogP contribution in [0.2, 0.25) is 0 Å². The molecule has 0 radical (unpaired) electrons. The highest BCUT2D eigenvalue weighted by atomic mass is 16.4. The van der Waals surface area contributed by atoms with E-state index in [1.165, 1.54) is 0 Å². The average Bonchev–Trinajstić information content (AvgIpc) is 2.58. The van der Waals surface area contributed by atoms with Crippen molar-refractivity contribution in [3.8, 4) is 0 Å². The van der Waals surface area contributed by atoms with Gasteiger partial charge in [-0.3, -0.25) is 4.79 Å². The molecule has 0 atom stereocenters. The molecule has 0 bridgehead atoms. The molecule has 0 fully saturated rings. The van der Waals surface area contributed by atoms with Crippen LogP contribution in [0.3, 0.4) is 0 Å². The largest absolute Gasteiger partial charge is 0.481 e. The molecule has 20 heavy (non-hydrogen) atoms. The Morgan fingerprint density at radius 2 is 1.50 bits per heavy atom. The van der Waals surface area contributed by atoms with Crippen LogP contribution >= 0.6 is 0 Å². The Balaban J connectivity index is 4.57. The first-order valence-electron chi connectivity index (χ1n) is 11.0. The maximum atomic E-state index is 10.4. The number of hydrogen-bond acceptors (Lipinski definition) is 1. The highest BCUT2D eigenvalue weighted by Crippen LogP contribution is 2.07. The molecule has 0 aromatic heterocycles. The minimum atomic E-state index is -1.98. The van der Waals surface area contributed by atoms with Crippen LogP contribution in [0, 0.1) is 0 Å². The Hall–Kier alpha value is -1.31. The van der Waals surface area contributed by atoms with E-state index in [-0.39, 0.29) is 49.5 Å². The summed E-state index contributed by atoms with van der Waals surface area (Å²) in [5, 5.41) is 8.55. The van der Waals surface area contributed by atoms with Crippen molar-refractivity contribution in [3.63, 3.8) is 0 Å². The first-order valence-corrected chi connectivity index (χ1v) is 7.05. The number of unbranched alkanes of at least 4 members (excludes halogenated alkanes) is 4. The lowest BCUT2D eigenvalue weighted by atomic mass is 10.1. The van der Waals surface area contributed by atoms with Gasteiger partial charge in [0.15, 0.2) is 0 Å². The predicted molar refractivity (Wildman–Crippen MR) is 86.9 cm³/mol. The normalized spacial score (nSPS) is 21.4. The first-order chi connectivity index (χ1) is 12.9. The van der Waals surface area contributed by atoms with Gasteiger partial charge in [0.2, 0.25) is 0 Å². The van der Waals surface area contributed by atoms with Crippen LogP contribution in [0.25, 0.3) is 0 Å². The number of hydrogen-bond donors (Lipinski definition) is 1. The molecule has 0 saturated carbocycles. The second kappa shape index (κ2) is 15.7. The molecule has 0 saturated heterocycles. The summed E-state index contributed by atoms with van der Waals surface area (Å²) in [7, 11) is 0. The van der Waals surface area contributed by atoms with Crippen LogP contribution < -0.4 is 0 Å². The van der Waals surface area contributed by atoms with E-state index >= 15 is 0 Å². The Morgan fingerprint density at radius 1 is 0.950 bits per heavy atom. The van der Waals surface area contributed by atoms with Gasteiger partial charge >= 0.3 is 5.97 Å². The van der Waals surface area contributed by atoms with Crippen LogP contribution in [-0.4, -0.2) is 11.1 Å². The summed E-state index contributed by atoms with van der Waals surface area (Å²) in [6, 6.07) is -1.33. The van der Waals surface area contributed by atoms with Crippen molar-refractivity contribution in [2.45, 2.75) is 71.1 Å². The third-order valence-corrected chi connectivity index (χ3v) is 2.51. The molecule has 2 heteroatoms. The number of rotatable bonds is 13. The molecule has 0 aliphatic carbocycles. The molecule has 0 aromatic rings. The second-order valence-corrected chi connectivity index (χ2v) is 4.27. The van der Waals surface area contributed by atoms with E-state index in [4.69, 9.17) is 16.1 Å². The lowest BCUT2D eigenvalue weighted by Gasteiger charge is -1.98. The van der Waals surface area contributed by atoms with Crippen molar-refractivity contribution in [2.24, 2.45) is 0 Å². The molecule has 0 unspecified atom stereocenters. The molecule has 0 rings (SSSR count). The fourth-order valence-corrected chi connectivity index (χ4v) is 1.52. The summed E-state index contributed by atoms with van der Waals surface area (Å²) in [6.45, 7) is 1.15. The van der Waals surface area contributed by atoms with Gasteiger partial charge < -0.3 is 5.11 Å². The molecule has 0 spiro atoms. The SMILES string of the molecule is [2H]/C(CCCCCCCC(=O)O)=C(\[2H])C/C([2H])=C(/[2H])C/C([2H])=C(/[2H])C([2H])([2H])C. The van der Waals surface area contributed by atoms with E-state index in [0.29, 0.717) is 19.3 Å². The van der Waals surface area contributed by atoms with Crippen LogP contribution in [0.4, 0.5) is 0 Å². The van der Waals surface area contributed by atoms with Crippen molar-refractivity contribution in [2.75, 3.05) is 0 Å². The number of allylic oxidation sites excluding steroid dienone is 6. The molecule has 0 aromatic carbocycles. The summed E-state index contributed by atoms with van der Waals surface area (Å²) in [6.07, 6.45) is 1.87. The Morgan fingerprint density at radius 3 is 2.15 bits per heavy atom. The third kappa shape index (κ3) is 16.7. The monoisotopic (exact) mass is 286 g/mol. The molecule has 2 nitrogen and oxygen atoms in total. The van der Waals surface area contributed by atoms with Crippen molar-refractivity contribution in [1.82, 2.24) is 0 Å². The summed E-state index contributed by atoms with van der Waals surface area (Å²) in [4.78, 5) is 10.4. The summed E-state index contributed by atoms with van der Waals surface area (Å²) in [5.74, 6) is -0.802. The minimum absolute atomic E-state index is 0.0620. The maximum absolute atomic E-state index is 10.4. The Labute approximate surface area is 135 Å². The van der Waals surface area contributed by atoms with Gasteiger partial charge in [-0.1, -0.05) is 62.5 Å². The number of aliphatic carboxylic acids is 1. The maximum Gasteiger partial charge on any atom is 0.303 e. The minimum Gasteiger partial charge on any atom is -0.481 e. The van der Waals surface area contributed by atoms with Crippen molar-refractivity contribution in [3.05, 3.63) is 36.3 Å². The van der Waals surface area contributed by atoms with E-state index in [1.54, 1.807) is 0 Å². The van der Waals surface area contributed by atoms with Gasteiger partial charge in [0, 0.05) is 9.16 Å². The fourth-order valence-electron chi connectivity index (χ4n) is 1.52. The lowest BCUT2D eigenvalue weighted by molar-refractivity contribution is -0.137. The molecule has 0 aliphatic heterocycles. The van der Waals surface area contributed by atoms with Gasteiger partial charge in [0.25, 0.3) is 0 Å². The van der Waals surface area contributed by atoms with Crippen LogP contribution in [-0.2, 0) is 4.79 Å². The summed E-state index contributed by atoms with van der Waals surface area (Å²) in [5.41, 5.74) is 0. The molecular weight excluding hydrogens is 248 g/mol. The van der Waals surface area contributed by atoms with Crippen LogP contribution in [0.5, 0.6) is 0 Å². The highest BCUT2D eigenvalue weighted by molar-refractivity contribution is 5.66. The van der Waals surface area contributed by atoms with Crippen molar-refractivity contribution >= 4 is 5.97 Å². The van der Waals surface area contributed by atoms with E-state index < -0.39 is 18.4 Å². The first kappa shape index (κ1) is 8.86. The quantitative estimate of drug-likeness (QED) is 0.350. The number of carbonyl (C=O) groups is 1. The van der Waals surface area contributed by atoms with Crippen LogP contribution in [0.1, 0.15) is 82.1 Å². The molecule has 114 valence electrons. The predicted octanol–water partition coefficient (Wildman–Crippen LogP) is 5.66. The smallest absolute Gasteiger partial charge is 0.303 e. The Kier molecular flexibility index (Phi) is 6.98. The summed E-state index contributed by atoms with van der Waals surface area (Å²) >= 11 is 0. The molecular formula is C18H30O2. The zero-order valence-corrected chi connectivity index (χ0v) is 12.2. The van der Waals surface area contributed by atoms with E-state index in [0.717, 1.165) is 26.2 Å². The Bertz CT molecular complexity index is 618. The zero-order chi connectivity index (χ0) is 21.9. The topological polar surface area (TPSA) is 37.3 Å². The number of carboxylic acids is 1. The van der Waals surface area contributed by atoms with E-state index in [9.17, 15) is 4.79 Å². The van der Waals surface area contributed by atoms with E-state index in [2.05, 4.69) is 0 Å². The standard InChI is InChI=1S/C18H30O2/c1-2-3-4-5-6-7-8-9-10-11-12-13-14-15-16-17-18(19)20/h3-4,6-7,9-10H,2,5,8,11-17H2,1H3,(H,19,20)/b4-3-,7-6-,10-9-/i2D2,3D,4D,6D,7D,9D,10D. The van der Waals surface area contributed by atoms with Gasteiger partial charge in [0.1, 0.15) is 0 Å². The third-order valence-electron chi connectivity index (χ3n) is 2.51. The molecule has 0 heterocycles.